The molecule has 1 rings (SSSR count). The third-order valence-electron chi connectivity index (χ3n) is 2.71. The summed E-state index contributed by atoms with van der Waals surface area (Å²) >= 11 is 1.60. The van der Waals surface area contributed by atoms with Gasteiger partial charge in [0.2, 0.25) is 0 Å². The molecule has 0 amide bonds. The lowest BCUT2D eigenvalue weighted by atomic mass is 9.84. The lowest BCUT2D eigenvalue weighted by molar-refractivity contribution is -0.137. The molecule has 0 saturated carbocycles. The van der Waals surface area contributed by atoms with Crippen LogP contribution in [0.25, 0.3) is 0 Å². The maximum Gasteiger partial charge on any atom is 0.303 e. The number of aliphatic carboxylic acids is 1. The average Bonchev–Trinajstić information content (AvgIpc) is 2.61. The molecule has 1 aromatic heterocycles. The highest BCUT2D eigenvalue weighted by atomic mass is 32.1. The SMILES string of the molecule is Cc1csc(NCCC(C)(C)CCC(=O)O)n1. The fourth-order valence-corrected chi connectivity index (χ4v) is 2.23. The van der Waals surface area contributed by atoms with Crippen molar-refractivity contribution in [1.82, 2.24) is 4.98 Å². The first-order valence-corrected chi connectivity index (χ1v) is 6.65. The van der Waals surface area contributed by atoms with Crippen LogP contribution in [0.2, 0.25) is 0 Å². The van der Waals surface area contributed by atoms with E-state index in [2.05, 4.69) is 24.1 Å². The van der Waals surface area contributed by atoms with Gasteiger partial charge in [0.15, 0.2) is 5.13 Å². The van der Waals surface area contributed by atoms with Gasteiger partial charge in [0.1, 0.15) is 0 Å². The molecule has 0 bridgehead atoms. The Morgan fingerprint density at radius 2 is 2.24 bits per heavy atom. The van der Waals surface area contributed by atoms with Crippen LogP contribution in [0.1, 0.15) is 38.8 Å². The molecule has 0 spiro atoms. The first-order chi connectivity index (χ1) is 7.89. The summed E-state index contributed by atoms with van der Waals surface area (Å²) in [5.74, 6) is -0.721. The van der Waals surface area contributed by atoms with Crippen molar-refractivity contribution in [2.45, 2.75) is 40.0 Å². The van der Waals surface area contributed by atoms with Gasteiger partial charge < -0.3 is 10.4 Å². The number of hydrogen-bond acceptors (Lipinski definition) is 4. The summed E-state index contributed by atoms with van der Waals surface area (Å²) in [6, 6.07) is 0. The van der Waals surface area contributed by atoms with Crippen LogP contribution >= 0.6 is 11.3 Å². The van der Waals surface area contributed by atoms with Crippen molar-refractivity contribution >= 4 is 22.4 Å². The number of nitrogens with one attached hydrogen (secondary N) is 1. The average molecular weight is 256 g/mol. The Morgan fingerprint density at radius 1 is 1.53 bits per heavy atom. The molecule has 0 aliphatic carbocycles. The van der Waals surface area contributed by atoms with Crippen LogP contribution in [0.4, 0.5) is 5.13 Å². The molecule has 96 valence electrons. The largest absolute Gasteiger partial charge is 0.481 e. The number of aromatic nitrogens is 1. The molecule has 0 saturated heterocycles. The minimum atomic E-state index is -0.721. The maximum absolute atomic E-state index is 10.5. The van der Waals surface area contributed by atoms with Gasteiger partial charge in [0.25, 0.3) is 0 Å². The quantitative estimate of drug-likeness (QED) is 0.786. The van der Waals surface area contributed by atoms with E-state index in [4.69, 9.17) is 5.11 Å². The van der Waals surface area contributed by atoms with Gasteiger partial charge in [-0.2, -0.15) is 0 Å². The number of carboxylic acids is 1. The number of hydrogen-bond donors (Lipinski definition) is 2. The number of aryl methyl sites for hydroxylation is 1. The van der Waals surface area contributed by atoms with Crippen LogP contribution in [0, 0.1) is 12.3 Å². The summed E-state index contributed by atoms with van der Waals surface area (Å²) in [5.41, 5.74) is 1.08. The monoisotopic (exact) mass is 256 g/mol. The Hall–Kier alpha value is -1.10. The number of rotatable bonds is 7. The smallest absolute Gasteiger partial charge is 0.303 e. The summed E-state index contributed by atoms with van der Waals surface area (Å²) in [7, 11) is 0. The van der Waals surface area contributed by atoms with Gasteiger partial charge in [-0.3, -0.25) is 4.79 Å². The van der Waals surface area contributed by atoms with Crippen molar-refractivity contribution in [3.8, 4) is 0 Å². The van der Waals surface area contributed by atoms with E-state index in [9.17, 15) is 4.79 Å². The standard InChI is InChI=1S/C12H20N2O2S/c1-9-8-17-11(14-9)13-7-6-12(2,3)5-4-10(15)16/h8H,4-7H2,1-3H3,(H,13,14)(H,15,16). The molecule has 0 unspecified atom stereocenters. The highest BCUT2D eigenvalue weighted by Gasteiger charge is 2.18. The third kappa shape index (κ3) is 5.68. The first-order valence-electron chi connectivity index (χ1n) is 5.77. The first kappa shape index (κ1) is 14.0. The van der Waals surface area contributed by atoms with Crippen molar-refractivity contribution in [2.75, 3.05) is 11.9 Å². The second-order valence-corrected chi connectivity index (χ2v) is 5.89. The molecule has 0 aliphatic rings. The number of nitrogens with zero attached hydrogens (tertiary/aromatic N) is 1. The third-order valence-corrected chi connectivity index (χ3v) is 3.63. The zero-order chi connectivity index (χ0) is 12.9. The normalized spacial score (nSPS) is 11.5. The molecule has 1 heterocycles. The summed E-state index contributed by atoms with van der Waals surface area (Å²) in [6.07, 6.45) is 1.89. The Labute approximate surface area is 106 Å². The van der Waals surface area contributed by atoms with E-state index in [1.165, 1.54) is 0 Å². The molecule has 4 nitrogen and oxygen atoms in total. The fraction of sp³-hybridized carbons (Fsp3) is 0.667. The topological polar surface area (TPSA) is 62.2 Å². The molecule has 5 heteroatoms. The Morgan fingerprint density at radius 3 is 2.76 bits per heavy atom. The molecule has 2 N–H and O–H groups in total. The lowest BCUT2D eigenvalue weighted by Gasteiger charge is -2.23. The summed E-state index contributed by atoms with van der Waals surface area (Å²) in [5, 5.41) is 14.9. The van der Waals surface area contributed by atoms with Gasteiger partial charge in [-0.25, -0.2) is 4.98 Å². The molecule has 0 radical (unpaired) electrons. The van der Waals surface area contributed by atoms with E-state index >= 15 is 0 Å². The van der Waals surface area contributed by atoms with Gasteiger partial charge in [0, 0.05) is 18.3 Å². The zero-order valence-electron chi connectivity index (χ0n) is 10.6. The van der Waals surface area contributed by atoms with E-state index < -0.39 is 5.97 Å². The fourth-order valence-electron chi connectivity index (χ4n) is 1.51. The van der Waals surface area contributed by atoms with Crippen LogP contribution in [-0.4, -0.2) is 22.6 Å². The van der Waals surface area contributed by atoms with Crippen LogP contribution in [0.5, 0.6) is 0 Å². The second-order valence-electron chi connectivity index (χ2n) is 5.03. The number of anilines is 1. The van der Waals surface area contributed by atoms with Crippen molar-refractivity contribution in [1.29, 1.82) is 0 Å². The van der Waals surface area contributed by atoms with Crippen LogP contribution in [-0.2, 0) is 4.79 Å². The van der Waals surface area contributed by atoms with Crippen molar-refractivity contribution in [2.24, 2.45) is 5.41 Å². The molecule has 0 aliphatic heterocycles. The van der Waals surface area contributed by atoms with Gasteiger partial charge in [0.05, 0.1) is 5.69 Å². The van der Waals surface area contributed by atoms with E-state index in [0.29, 0.717) is 6.42 Å². The molecule has 0 aromatic carbocycles. The maximum atomic E-state index is 10.5. The van der Waals surface area contributed by atoms with E-state index in [-0.39, 0.29) is 11.8 Å². The number of carboxylic acid groups (broad SMARTS) is 1. The zero-order valence-corrected chi connectivity index (χ0v) is 11.4. The van der Waals surface area contributed by atoms with E-state index in [1.807, 2.05) is 12.3 Å². The second kappa shape index (κ2) is 6.00. The number of thiazole rings is 1. The molecule has 1 aromatic rings. The van der Waals surface area contributed by atoms with E-state index in [0.717, 1.165) is 23.8 Å². The predicted molar refractivity (Wildman–Crippen MR) is 70.6 cm³/mol. The van der Waals surface area contributed by atoms with Crippen molar-refractivity contribution in [3.63, 3.8) is 0 Å². The minimum absolute atomic E-state index is 0.0533. The van der Waals surface area contributed by atoms with Crippen LogP contribution in [0.15, 0.2) is 5.38 Å². The molecular weight excluding hydrogens is 236 g/mol. The van der Waals surface area contributed by atoms with Gasteiger partial charge >= 0.3 is 5.97 Å². The Kier molecular flexibility index (Phi) is 4.93. The Balaban J connectivity index is 2.27. The molecular formula is C12H20N2O2S. The summed E-state index contributed by atoms with van der Waals surface area (Å²) < 4.78 is 0. The van der Waals surface area contributed by atoms with Gasteiger partial charge in [-0.05, 0) is 25.2 Å². The number of carbonyl (C=O) groups is 1. The predicted octanol–water partition coefficient (Wildman–Crippen LogP) is 3.14. The van der Waals surface area contributed by atoms with Crippen LogP contribution in [0.3, 0.4) is 0 Å². The van der Waals surface area contributed by atoms with Gasteiger partial charge in [-0.1, -0.05) is 13.8 Å². The van der Waals surface area contributed by atoms with Crippen molar-refractivity contribution in [3.05, 3.63) is 11.1 Å². The highest BCUT2D eigenvalue weighted by molar-refractivity contribution is 7.13. The lowest BCUT2D eigenvalue weighted by Crippen LogP contribution is -2.18. The highest BCUT2D eigenvalue weighted by Crippen LogP contribution is 2.27. The van der Waals surface area contributed by atoms with E-state index in [1.54, 1.807) is 11.3 Å². The minimum Gasteiger partial charge on any atom is -0.481 e. The Bertz CT molecular complexity index is 374. The molecule has 0 fully saturated rings. The van der Waals surface area contributed by atoms with Crippen LogP contribution < -0.4 is 5.32 Å². The molecule has 0 atom stereocenters. The van der Waals surface area contributed by atoms with Gasteiger partial charge in [-0.15, -0.1) is 11.3 Å². The summed E-state index contributed by atoms with van der Waals surface area (Å²) in [6.45, 7) is 7.01. The summed E-state index contributed by atoms with van der Waals surface area (Å²) in [4.78, 5) is 14.8. The van der Waals surface area contributed by atoms with Crippen molar-refractivity contribution < 1.29 is 9.90 Å². The molecule has 17 heavy (non-hydrogen) atoms.